The van der Waals surface area contributed by atoms with Crippen molar-refractivity contribution in [2.24, 2.45) is 5.92 Å². The van der Waals surface area contributed by atoms with Crippen molar-refractivity contribution in [3.05, 3.63) is 78.0 Å². The number of amides is 2. The number of nitrogens with one attached hydrogen (secondary N) is 1. The highest BCUT2D eigenvalue weighted by molar-refractivity contribution is 6.05. The number of benzene rings is 2. The maximum atomic E-state index is 12.7. The second-order valence-electron chi connectivity index (χ2n) is 7.56. The third kappa shape index (κ3) is 4.76. The quantitative estimate of drug-likeness (QED) is 0.699. The molecule has 0 spiro atoms. The highest BCUT2D eigenvalue weighted by atomic mass is 16.6. The van der Waals surface area contributed by atoms with E-state index in [9.17, 15) is 9.59 Å². The number of nitrogens with zero attached hydrogens (tertiary/aromatic N) is 2. The van der Waals surface area contributed by atoms with Crippen LogP contribution >= 0.6 is 0 Å². The van der Waals surface area contributed by atoms with Crippen LogP contribution in [0.15, 0.2) is 66.9 Å². The molecule has 6 heteroatoms. The number of hydrogen-bond acceptors (Lipinski definition) is 4. The number of fused-ring (bicyclic) bond motifs is 1. The van der Waals surface area contributed by atoms with Crippen LogP contribution in [0.1, 0.15) is 28.8 Å². The number of carbonyl (C=O) groups excluding carboxylic acids is 2. The molecule has 2 aromatic carbocycles. The van der Waals surface area contributed by atoms with Crippen LogP contribution in [0.5, 0.6) is 0 Å². The largest absolute Gasteiger partial charge is 0.445 e. The van der Waals surface area contributed by atoms with E-state index in [-0.39, 0.29) is 18.6 Å². The van der Waals surface area contributed by atoms with Gasteiger partial charge in [0.05, 0.1) is 11.1 Å². The first-order valence-corrected chi connectivity index (χ1v) is 10.3. The minimum atomic E-state index is -0.274. The van der Waals surface area contributed by atoms with Crippen molar-refractivity contribution in [2.45, 2.75) is 19.4 Å². The first-order valence-electron chi connectivity index (χ1n) is 10.3. The van der Waals surface area contributed by atoms with E-state index in [0.717, 1.165) is 29.3 Å². The molecule has 1 aliphatic rings. The molecule has 0 bridgehead atoms. The van der Waals surface area contributed by atoms with Crippen molar-refractivity contribution in [1.82, 2.24) is 15.2 Å². The molecular formula is C24H25N3O3. The molecule has 0 aliphatic carbocycles. The van der Waals surface area contributed by atoms with Gasteiger partial charge in [0.15, 0.2) is 0 Å². The lowest BCUT2D eigenvalue weighted by molar-refractivity contribution is 0.0801. The first-order chi connectivity index (χ1) is 14.7. The van der Waals surface area contributed by atoms with Crippen molar-refractivity contribution in [3.8, 4) is 0 Å². The maximum Gasteiger partial charge on any atom is 0.410 e. The van der Waals surface area contributed by atoms with Gasteiger partial charge in [-0.1, -0.05) is 48.5 Å². The summed E-state index contributed by atoms with van der Waals surface area (Å²) in [5, 5.41) is 3.91. The Kier molecular flexibility index (Phi) is 6.23. The fraction of sp³-hybridized carbons (Fsp3) is 0.292. The van der Waals surface area contributed by atoms with Crippen LogP contribution in [0.25, 0.3) is 10.9 Å². The van der Waals surface area contributed by atoms with Gasteiger partial charge in [-0.25, -0.2) is 4.79 Å². The molecule has 0 saturated carbocycles. The summed E-state index contributed by atoms with van der Waals surface area (Å²) in [7, 11) is 0. The zero-order chi connectivity index (χ0) is 20.8. The van der Waals surface area contributed by atoms with E-state index < -0.39 is 0 Å². The molecule has 1 fully saturated rings. The molecule has 30 heavy (non-hydrogen) atoms. The van der Waals surface area contributed by atoms with Gasteiger partial charge in [-0.2, -0.15) is 0 Å². The van der Waals surface area contributed by atoms with E-state index >= 15 is 0 Å². The molecule has 2 amide bonds. The number of likely N-dealkylation sites (tertiary alicyclic amines) is 1. The standard InChI is InChI=1S/C24H25N3O3/c28-23(21-10-13-25-22-9-5-4-8-20(21)22)26-16-18-11-14-27(15-12-18)24(29)30-17-19-6-2-1-3-7-19/h1-10,13,18H,11-12,14-17H2,(H,26,28). The van der Waals surface area contributed by atoms with Crippen molar-refractivity contribution >= 4 is 22.9 Å². The second-order valence-corrected chi connectivity index (χ2v) is 7.56. The molecule has 1 aliphatic heterocycles. The fourth-order valence-electron chi connectivity index (χ4n) is 3.76. The van der Waals surface area contributed by atoms with Gasteiger partial charge in [0, 0.05) is 31.2 Å². The van der Waals surface area contributed by atoms with Crippen molar-refractivity contribution in [2.75, 3.05) is 19.6 Å². The van der Waals surface area contributed by atoms with Crippen LogP contribution in [0.2, 0.25) is 0 Å². The number of rotatable bonds is 5. The van der Waals surface area contributed by atoms with Gasteiger partial charge in [-0.15, -0.1) is 0 Å². The number of piperidine rings is 1. The van der Waals surface area contributed by atoms with E-state index in [0.29, 0.717) is 31.1 Å². The molecule has 2 heterocycles. The third-order valence-corrected chi connectivity index (χ3v) is 5.52. The highest BCUT2D eigenvalue weighted by Gasteiger charge is 2.24. The van der Waals surface area contributed by atoms with Crippen molar-refractivity contribution in [1.29, 1.82) is 0 Å². The molecule has 3 aromatic rings. The van der Waals surface area contributed by atoms with Crippen LogP contribution in [0, 0.1) is 5.92 Å². The SMILES string of the molecule is O=C(NCC1CCN(C(=O)OCc2ccccc2)CC1)c1ccnc2ccccc12. The van der Waals surface area contributed by atoms with Gasteiger partial charge in [0.1, 0.15) is 6.61 Å². The Morgan fingerprint density at radius 2 is 1.73 bits per heavy atom. The van der Waals surface area contributed by atoms with Crippen molar-refractivity contribution < 1.29 is 14.3 Å². The smallest absolute Gasteiger partial charge is 0.410 e. The highest BCUT2D eigenvalue weighted by Crippen LogP contribution is 2.19. The maximum absolute atomic E-state index is 12.7. The molecule has 1 saturated heterocycles. The van der Waals surface area contributed by atoms with E-state index in [1.54, 1.807) is 17.2 Å². The first kappa shape index (κ1) is 19.9. The minimum absolute atomic E-state index is 0.0849. The summed E-state index contributed by atoms with van der Waals surface area (Å²) in [5.41, 5.74) is 2.43. The summed E-state index contributed by atoms with van der Waals surface area (Å²) >= 11 is 0. The Morgan fingerprint density at radius 1 is 1.00 bits per heavy atom. The number of carbonyl (C=O) groups is 2. The molecule has 6 nitrogen and oxygen atoms in total. The van der Waals surface area contributed by atoms with Crippen LogP contribution < -0.4 is 5.32 Å². The summed E-state index contributed by atoms with van der Waals surface area (Å²) in [4.78, 5) is 31.0. The Labute approximate surface area is 175 Å². The van der Waals surface area contributed by atoms with E-state index in [2.05, 4.69) is 10.3 Å². The van der Waals surface area contributed by atoms with Crippen LogP contribution in [-0.4, -0.2) is 41.5 Å². The number of para-hydroxylation sites is 1. The molecule has 1 N–H and O–H groups in total. The van der Waals surface area contributed by atoms with E-state index in [1.165, 1.54) is 0 Å². The molecule has 0 unspecified atom stereocenters. The van der Waals surface area contributed by atoms with Gasteiger partial charge in [0.2, 0.25) is 0 Å². The zero-order valence-electron chi connectivity index (χ0n) is 16.8. The van der Waals surface area contributed by atoms with Gasteiger partial charge in [-0.05, 0) is 36.5 Å². The Hall–Kier alpha value is -3.41. The van der Waals surface area contributed by atoms with Gasteiger partial charge < -0.3 is 15.0 Å². The number of pyridine rings is 1. The van der Waals surface area contributed by atoms with E-state index in [1.807, 2.05) is 54.6 Å². The molecule has 0 radical (unpaired) electrons. The lowest BCUT2D eigenvalue weighted by atomic mass is 9.97. The molecule has 1 aromatic heterocycles. The van der Waals surface area contributed by atoms with Crippen LogP contribution in [0.3, 0.4) is 0 Å². The summed E-state index contributed by atoms with van der Waals surface area (Å²) in [5.74, 6) is 0.263. The molecule has 4 rings (SSSR count). The lowest BCUT2D eigenvalue weighted by Gasteiger charge is -2.31. The number of ether oxygens (including phenoxy) is 1. The average molecular weight is 403 g/mol. The normalized spacial score (nSPS) is 14.5. The lowest BCUT2D eigenvalue weighted by Crippen LogP contribution is -2.41. The van der Waals surface area contributed by atoms with Gasteiger partial charge in [-0.3, -0.25) is 9.78 Å². The van der Waals surface area contributed by atoms with E-state index in [4.69, 9.17) is 4.74 Å². The predicted octanol–water partition coefficient (Wildman–Crippen LogP) is 4.01. The number of aromatic nitrogens is 1. The minimum Gasteiger partial charge on any atom is -0.445 e. The van der Waals surface area contributed by atoms with Crippen LogP contribution in [-0.2, 0) is 11.3 Å². The predicted molar refractivity (Wildman–Crippen MR) is 115 cm³/mol. The zero-order valence-corrected chi connectivity index (χ0v) is 16.8. The molecule has 154 valence electrons. The summed E-state index contributed by atoms with van der Waals surface area (Å²) in [6.07, 6.45) is 3.08. The molecular weight excluding hydrogens is 378 g/mol. The van der Waals surface area contributed by atoms with Crippen LogP contribution in [0.4, 0.5) is 4.79 Å². The van der Waals surface area contributed by atoms with Crippen molar-refractivity contribution in [3.63, 3.8) is 0 Å². The monoisotopic (exact) mass is 403 g/mol. The van der Waals surface area contributed by atoms with Gasteiger partial charge >= 0.3 is 6.09 Å². The third-order valence-electron chi connectivity index (χ3n) is 5.52. The van der Waals surface area contributed by atoms with Gasteiger partial charge in [0.25, 0.3) is 5.91 Å². The topological polar surface area (TPSA) is 71.5 Å². The second kappa shape index (κ2) is 9.39. The molecule has 0 atom stereocenters. The Morgan fingerprint density at radius 3 is 2.53 bits per heavy atom. The average Bonchev–Trinajstić information content (AvgIpc) is 2.81. The summed E-state index contributed by atoms with van der Waals surface area (Å²) in [6, 6.07) is 19.1. The number of hydrogen-bond donors (Lipinski definition) is 1. The summed E-state index contributed by atoms with van der Waals surface area (Å²) < 4.78 is 5.41. The summed E-state index contributed by atoms with van der Waals surface area (Å²) in [6.45, 7) is 2.18. The Balaban J connectivity index is 1.24. The fourth-order valence-corrected chi connectivity index (χ4v) is 3.76. The Bertz CT molecular complexity index is 1010.